The first-order valence-electron chi connectivity index (χ1n) is 7.51. The van der Waals surface area contributed by atoms with Gasteiger partial charge in [0.25, 0.3) is 0 Å². The zero-order valence-corrected chi connectivity index (χ0v) is 14.5. The molecule has 126 valence electrons. The second kappa shape index (κ2) is 8.98. The van der Waals surface area contributed by atoms with Crippen molar-refractivity contribution in [3.63, 3.8) is 0 Å². The topological polar surface area (TPSA) is 67.4 Å². The number of methoxy groups -OCH3 is 1. The van der Waals surface area contributed by atoms with E-state index in [2.05, 4.69) is 10.6 Å². The molecule has 2 aromatic carbocycles. The highest BCUT2D eigenvalue weighted by atomic mass is 32.2. The Bertz CT molecular complexity index is 684. The third kappa shape index (κ3) is 5.96. The van der Waals surface area contributed by atoms with E-state index < -0.39 is 0 Å². The van der Waals surface area contributed by atoms with E-state index in [1.165, 1.54) is 6.92 Å². The first kappa shape index (κ1) is 17.9. The molecule has 0 spiro atoms. The summed E-state index contributed by atoms with van der Waals surface area (Å²) >= 11 is 1.62. The van der Waals surface area contributed by atoms with E-state index in [1.807, 2.05) is 24.3 Å². The van der Waals surface area contributed by atoms with Crippen LogP contribution in [-0.4, -0.2) is 24.7 Å². The molecule has 2 amide bonds. The van der Waals surface area contributed by atoms with Gasteiger partial charge in [0, 0.05) is 35.4 Å². The van der Waals surface area contributed by atoms with Crippen molar-refractivity contribution < 1.29 is 14.3 Å². The number of ether oxygens (including phenoxy) is 1. The first-order chi connectivity index (χ1) is 11.6. The largest absolute Gasteiger partial charge is 0.497 e. The molecule has 0 radical (unpaired) electrons. The number of rotatable bonds is 7. The molecule has 2 rings (SSSR count). The lowest BCUT2D eigenvalue weighted by atomic mass is 10.2. The van der Waals surface area contributed by atoms with Gasteiger partial charge in [0.15, 0.2) is 0 Å². The fraction of sp³-hybridized carbons (Fsp3) is 0.222. The summed E-state index contributed by atoms with van der Waals surface area (Å²) < 4.78 is 5.11. The number of hydrogen-bond acceptors (Lipinski definition) is 4. The molecule has 0 aromatic heterocycles. The number of benzene rings is 2. The minimum absolute atomic E-state index is 0.0386. The molecular weight excluding hydrogens is 324 g/mol. The zero-order valence-electron chi connectivity index (χ0n) is 13.7. The van der Waals surface area contributed by atoms with Gasteiger partial charge in [-0.2, -0.15) is 0 Å². The van der Waals surface area contributed by atoms with Crippen molar-refractivity contribution in [3.05, 3.63) is 48.5 Å². The van der Waals surface area contributed by atoms with Crippen molar-refractivity contribution >= 4 is 35.0 Å². The van der Waals surface area contributed by atoms with E-state index in [0.29, 0.717) is 23.5 Å². The van der Waals surface area contributed by atoms with Crippen LogP contribution < -0.4 is 15.4 Å². The first-order valence-corrected chi connectivity index (χ1v) is 8.50. The molecule has 0 aliphatic carbocycles. The molecule has 2 N–H and O–H groups in total. The smallest absolute Gasteiger partial charge is 0.225 e. The van der Waals surface area contributed by atoms with Crippen molar-refractivity contribution in [1.82, 2.24) is 0 Å². The Morgan fingerprint density at radius 1 is 0.958 bits per heavy atom. The van der Waals surface area contributed by atoms with Gasteiger partial charge in [-0.1, -0.05) is 0 Å². The highest BCUT2D eigenvalue weighted by molar-refractivity contribution is 7.99. The van der Waals surface area contributed by atoms with Gasteiger partial charge in [-0.05, 0) is 48.5 Å². The lowest BCUT2D eigenvalue weighted by Crippen LogP contribution is -2.12. The molecule has 0 atom stereocenters. The fourth-order valence-corrected chi connectivity index (χ4v) is 2.85. The van der Waals surface area contributed by atoms with Crippen molar-refractivity contribution in [2.24, 2.45) is 0 Å². The maximum Gasteiger partial charge on any atom is 0.225 e. The lowest BCUT2D eigenvalue weighted by molar-refractivity contribution is -0.116. The zero-order chi connectivity index (χ0) is 17.4. The fourth-order valence-electron chi connectivity index (χ4n) is 2.00. The van der Waals surface area contributed by atoms with Crippen LogP contribution in [0.3, 0.4) is 0 Å². The summed E-state index contributed by atoms with van der Waals surface area (Å²) in [4.78, 5) is 24.0. The van der Waals surface area contributed by atoms with Crippen LogP contribution in [0.25, 0.3) is 0 Å². The Balaban J connectivity index is 1.75. The van der Waals surface area contributed by atoms with E-state index in [-0.39, 0.29) is 11.8 Å². The van der Waals surface area contributed by atoms with Crippen LogP contribution in [0, 0.1) is 0 Å². The van der Waals surface area contributed by atoms with Gasteiger partial charge >= 0.3 is 0 Å². The predicted octanol–water partition coefficient (Wildman–Crippen LogP) is 3.77. The Hall–Kier alpha value is -2.47. The van der Waals surface area contributed by atoms with Crippen LogP contribution in [0.15, 0.2) is 53.4 Å². The van der Waals surface area contributed by atoms with Crippen molar-refractivity contribution in [2.45, 2.75) is 18.2 Å². The average Bonchev–Trinajstić information content (AvgIpc) is 2.57. The minimum Gasteiger partial charge on any atom is -0.497 e. The number of amides is 2. The summed E-state index contributed by atoms with van der Waals surface area (Å²) in [5.74, 6) is 1.35. The summed E-state index contributed by atoms with van der Waals surface area (Å²) in [5.41, 5.74) is 1.42. The number of hydrogen-bond donors (Lipinski definition) is 2. The van der Waals surface area contributed by atoms with Crippen LogP contribution >= 0.6 is 11.8 Å². The van der Waals surface area contributed by atoms with Gasteiger partial charge in [0.05, 0.1) is 7.11 Å². The van der Waals surface area contributed by atoms with Gasteiger partial charge in [-0.15, -0.1) is 11.8 Å². The van der Waals surface area contributed by atoms with E-state index >= 15 is 0 Å². The Morgan fingerprint density at radius 3 is 2.08 bits per heavy atom. The summed E-state index contributed by atoms with van der Waals surface area (Å²) in [7, 11) is 1.63. The maximum atomic E-state index is 12.0. The van der Waals surface area contributed by atoms with Gasteiger partial charge in [0.2, 0.25) is 11.8 Å². The van der Waals surface area contributed by atoms with Crippen LogP contribution in [0.4, 0.5) is 11.4 Å². The molecule has 2 aromatic rings. The van der Waals surface area contributed by atoms with Gasteiger partial charge < -0.3 is 15.4 Å². The Morgan fingerprint density at radius 2 is 1.54 bits per heavy atom. The normalized spacial score (nSPS) is 10.1. The van der Waals surface area contributed by atoms with Crippen LogP contribution in [0.1, 0.15) is 13.3 Å². The number of carbonyl (C=O) groups excluding carboxylic acids is 2. The highest BCUT2D eigenvalue weighted by Crippen LogP contribution is 2.22. The van der Waals surface area contributed by atoms with E-state index in [1.54, 1.807) is 43.1 Å². The molecule has 0 unspecified atom stereocenters. The average molecular weight is 344 g/mol. The summed E-state index contributed by atoms with van der Waals surface area (Å²) in [6, 6.07) is 14.8. The third-order valence-electron chi connectivity index (χ3n) is 3.15. The standard InChI is InChI=1S/C18H20N2O3S/c1-13(21)19-14-3-5-15(6-4-14)20-18(22)11-12-24-17-9-7-16(23-2)8-10-17/h3-10H,11-12H2,1-2H3,(H,19,21)(H,20,22). The highest BCUT2D eigenvalue weighted by Gasteiger charge is 2.04. The molecule has 0 aliphatic rings. The van der Waals surface area contributed by atoms with E-state index in [9.17, 15) is 9.59 Å². The Kier molecular flexibility index (Phi) is 6.69. The Labute approximate surface area is 145 Å². The van der Waals surface area contributed by atoms with Crippen molar-refractivity contribution in [1.29, 1.82) is 0 Å². The molecule has 0 saturated carbocycles. The predicted molar refractivity (Wildman–Crippen MR) is 97.7 cm³/mol. The maximum absolute atomic E-state index is 12.0. The quantitative estimate of drug-likeness (QED) is 0.750. The lowest BCUT2D eigenvalue weighted by Gasteiger charge is -2.07. The van der Waals surface area contributed by atoms with E-state index in [4.69, 9.17) is 4.74 Å². The molecular formula is C18H20N2O3S. The number of carbonyl (C=O) groups is 2. The number of thioether (sulfide) groups is 1. The van der Waals surface area contributed by atoms with Crippen LogP contribution in [0.5, 0.6) is 5.75 Å². The summed E-state index contributed by atoms with van der Waals surface area (Å²) in [6.07, 6.45) is 0.421. The second-order valence-electron chi connectivity index (χ2n) is 5.08. The molecule has 5 nitrogen and oxygen atoms in total. The number of anilines is 2. The van der Waals surface area contributed by atoms with Crippen molar-refractivity contribution in [3.8, 4) is 5.75 Å². The number of nitrogens with one attached hydrogen (secondary N) is 2. The molecule has 0 bridgehead atoms. The third-order valence-corrected chi connectivity index (χ3v) is 4.16. The monoisotopic (exact) mass is 344 g/mol. The SMILES string of the molecule is COc1ccc(SCCC(=O)Nc2ccc(NC(C)=O)cc2)cc1. The van der Waals surface area contributed by atoms with Gasteiger partial charge in [-0.25, -0.2) is 0 Å². The summed E-state index contributed by atoms with van der Waals surface area (Å²) in [5, 5.41) is 5.52. The van der Waals surface area contributed by atoms with E-state index in [0.717, 1.165) is 10.6 Å². The van der Waals surface area contributed by atoms with Crippen LogP contribution in [0.2, 0.25) is 0 Å². The van der Waals surface area contributed by atoms with Gasteiger partial charge in [-0.3, -0.25) is 9.59 Å². The summed E-state index contributed by atoms with van der Waals surface area (Å²) in [6.45, 7) is 1.45. The molecule has 24 heavy (non-hydrogen) atoms. The molecule has 0 aliphatic heterocycles. The van der Waals surface area contributed by atoms with Crippen molar-refractivity contribution in [2.75, 3.05) is 23.5 Å². The molecule has 0 saturated heterocycles. The molecule has 0 fully saturated rings. The van der Waals surface area contributed by atoms with Crippen LogP contribution in [-0.2, 0) is 9.59 Å². The van der Waals surface area contributed by atoms with Gasteiger partial charge in [0.1, 0.15) is 5.75 Å². The molecule has 0 heterocycles. The molecule has 6 heteroatoms. The second-order valence-corrected chi connectivity index (χ2v) is 6.25. The minimum atomic E-state index is -0.123.